The van der Waals surface area contributed by atoms with Gasteiger partial charge in [0.25, 0.3) is 5.91 Å². The smallest absolute Gasteiger partial charge is 0.337 e. The predicted molar refractivity (Wildman–Crippen MR) is 121 cm³/mol. The molecule has 3 rings (SSSR count). The van der Waals surface area contributed by atoms with Gasteiger partial charge in [0.1, 0.15) is 0 Å². The van der Waals surface area contributed by atoms with E-state index in [2.05, 4.69) is 5.10 Å². The number of hydrazone groups is 1. The number of esters is 1. The molecule has 166 valence electrons. The number of carbonyl (C=O) groups excluding carboxylic acids is 2. The Morgan fingerprint density at radius 3 is 2.59 bits per heavy atom. The Hall–Kier alpha value is -3.65. The Balaban J connectivity index is 1.89. The van der Waals surface area contributed by atoms with Crippen molar-refractivity contribution in [2.75, 3.05) is 12.1 Å². The summed E-state index contributed by atoms with van der Waals surface area (Å²) in [6, 6.07) is 9.16. The monoisotopic (exact) mass is 456 g/mol. The van der Waals surface area contributed by atoms with Gasteiger partial charge in [-0.2, -0.15) is 10.1 Å². The average Bonchev–Trinajstić information content (AvgIpc) is 3.03. The van der Waals surface area contributed by atoms with Crippen molar-refractivity contribution < 1.29 is 29.0 Å². The van der Waals surface area contributed by atoms with Crippen molar-refractivity contribution in [3.8, 4) is 11.5 Å². The lowest BCUT2D eigenvalue weighted by molar-refractivity contribution is -0.134. The summed E-state index contributed by atoms with van der Waals surface area (Å²) >= 11 is 5.91. The molecule has 0 aliphatic carbocycles. The lowest BCUT2D eigenvalue weighted by Crippen LogP contribution is -2.21. The molecule has 0 unspecified atom stereocenters. The van der Waals surface area contributed by atoms with Gasteiger partial charge in [-0.3, -0.25) is 9.59 Å². The number of hydrogen-bond donors (Lipinski definition) is 1. The van der Waals surface area contributed by atoms with Crippen LogP contribution in [0.3, 0.4) is 0 Å². The highest BCUT2D eigenvalue weighted by Gasteiger charge is 2.29. The van der Waals surface area contributed by atoms with Crippen LogP contribution in [0.2, 0.25) is 5.02 Å². The van der Waals surface area contributed by atoms with E-state index in [1.165, 1.54) is 25.3 Å². The van der Waals surface area contributed by atoms with Gasteiger partial charge >= 0.3 is 11.9 Å². The fourth-order valence-corrected chi connectivity index (χ4v) is 3.27. The maximum absolute atomic E-state index is 13.0. The van der Waals surface area contributed by atoms with Crippen LogP contribution in [0.1, 0.15) is 42.6 Å². The van der Waals surface area contributed by atoms with Crippen LogP contribution in [0, 0.1) is 0 Å². The number of rotatable bonds is 7. The lowest BCUT2D eigenvalue weighted by Gasteiger charge is -2.13. The van der Waals surface area contributed by atoms with Crippen LogP contribution in [-0.4, -0.2) is 35.8 Å². The molecule has 1 heterocycles. The maximum atomic E-state index is 13.0. The highest BCUT2D eigenvalue weighted by Crippen LogP contribution is 2.32. The summed E-state index contributed by atoms with van der Waals surface area (Å²) in [6.45, 7) is 3.56. The van der Waals surface area contributed by atoms with Gasteiger partial charge < -0.3 is 14.6 Å². The van der Waals surface area contributed by atoms with Gasteiger partial charge in [-0.1, -0.05) is 24.6 Å². The van der Waals surface area contributed by atoms with E-state index >= 15 is 0 Å². The maximum Gasteiger partial charge on any atom is 0.337 e. The van der Waals surface area contributed by atoms with Crippen molar-refractivity contribution in [3.63, 3.8) is 0 Å². The first-order valence-electron chi connectivity index (χ1n) is 9.78. The number of hydrogen-bond acceptors (Lipinski definition) is 6. The Labute approximate surface area is 189 Å². The zero-order chi connectivity index (χ0) is 23.4. The standard InChI is InChI=1S/C23H21ClN2O6/c1-4-5-21(27)32-19-9-6-14(11-20(19)31-3)10-16-13(2)25-26(22(16)28)15-7-8-18(24)17(12-15)23(29)30/h6-12H,4-5H2,1-3H3,(H,29,30)/b16-10-. The molecule has 8 nitrogen and oxygen atoms in total. The molecule has 9 heteroatoms. The number of anilines is 1. The van der Waals surface area contributed by atoms with Crippen LogP contribution in [0.5, 0.6) is 11.5 Å². The third-order valence-electron chi connectivity index (χ3n) is 4.66. The van der Waals surface area contributed by atoms with Crippen molar-refractivity contribution in [1.29, 1.82) is 0 Å². The second-order valence-corrected chi connectivity index (χ2v) is 7.37. The number of methoxy groups -OCH3 is 1. The quantitative estimate of drug-likeness (QED) is 0.372. The fourth-order valence-electron chi connectivity index (χ4n) is 3.07. The molecule has 2 aromatic carbocycles. The molecular formula is C23H21ClN2O6. The van der Waals surface area contributed by atoms with Crippen LogP contribution >= 0.6 is 11.6 Å². The summed E-state index contributed by atoms with van der Waals surface area (Å²) in [7, 11) is 1.46. The first-order chi connectivity index (χ1) is 15.2. The number of amides is 1. The van der Waals surface area contributed by atoms with E-state index in [1.54, 1.807) is 31.2 Å². The van der Waals surface area contributed by atoms with Crippen LogP contribution in [0.4, 0.5) is 5.69 Å². The van der Waals surface area contributed by atoms with Gasteiger partial charge in [0.2, 0.25) is 0 Å². The molecule has 1 N–H and O–H groups in total. The molecule has 0 radical (unpaired) electrons. The van der Waals surface area contributed by atoms with Crippen molar-refractivity contribution in [3.05, 3.63) is 58.1 Å². The van der Waals surface area contributed by atoms with Gasteiger partial charge in [-0.15, -0.1) is 0 Å². The van der Waals surface area contributed by atoms with E-state index < -0.39 is 11.9 Å². The SMILES string of the molecule is CCCC(=O)Oc1ccc(/C=C2\C(=O)N(c3ccc(Cl)c(C(=O)O)c3)N=C2C)cc1OC. The molecule has 0 spiro atoms. The minimum Gasteiger partial charge on any atom is -0.493 e. The number of aromatic carboxylic acids is 1. The Morgan fingerprint density at radius 2 is 1.94 bits per heavy atom. The number of halogens is 1. The van der Waals surface area contributed by atoms with Gasteiger partial charge in [-0.05, 0) is 55.3 Å². The van der Waals surface area contributed by atoms with Gasteiger partial charge in [-0.25, -0.2) is 4.79 Å². The fraction of sp³-hybridized carbons (Fsp3) is 0.217. The van der Waals surface area contributed by atoms with Crippen molar-refractivity contribution in [2.45, 2.75) is 26.7 Å². The van der Waals surface area contributed by atoms with Crippen LogP contribution in [0.25, 0.3) is 6.08 Å². The molecule has 0 fully saturated rings. The molecule has 2 aromatic rings. The molecule has 0 aromatic heterocycles. The highest BCUT2D eigenvalue weighted by atomic mass is 35.5. The first-order valence-corrected chi connectivity index (χ1v) is 10.2. The van der Waals surface area contributed by atoms with Crippen molar-refractivity contribution in [2.24, 2.45) is 5.10 Å². The minimum absolute atomic E-state index is 0.0659. The molecule has 0 saturated carbocycles. The normalized spacial score (nSPS) is 14.5. The first kappa shape index (κ1) is 23.0. The molecule has 1 aliphatic rings. The number of carbonyl (C=O) groups is 3. The molecule has 0 atom stereocenters. The Morgan fingerprint density at radius 1 is 1.19 bits per heavy atom. The summed E-state index contributed by atoms with van der Waals surface area (Å²) in [5.74, 6) is -1.33. The largest absolute Gasteiger partial charge is 0.493 e. The number of carboxylic acid groups (broad SMARTS) is 1. The number of ether oxygens (including phenoxy) is 2. The third kappa shape index (κ3) is 4.81. The molecule has 0 bridgehead atoms. The van der Waals surface area contributed by atoms with Crippen LogP contribution < -0.4 is 14.5 Å². The zero-order valence-electron chi connectivity index (χ0n) is 17.7. The van der Waals surface area contributed by atoms with E-state index in [9.17, 15) is 19.5 Å². The van der Waals surface area contributed by atoms with Gasteiger partial charge in [0, 0.05) is 6.42 Å². The second-order valence-electron chi connectivity index (χ2n) is 6.96. The zero-order valence-corrected chi connectivity index (χ0v) is 18.5. The number of benzene rings is 2. The third-order valence-corrected chi connectivity index (χ3v) is 4.99. The van der Waals surface area contributed by atoms with Crippen LogP contribution in [0.15, 0.2) is 47.1 Å². The average molecular weight is 457 g/mol. The molecule has 0 saturated heterocycles. The van der Waals surface area contributed by atoms with Crippen LogP contribution in [-0.2, 0) is 9.59 Å². The predicted octanol–water partition coefficient (Wildman–Crippen LogP) is 4.56. The number of carboxylic acids is 1. The van der Waals surface area contributed by atoms with E-state index in [0.29, 0.717) is 41.2 Å². The molecule has 32 heavy (non-hydrogen) atoms. The minimum atomic E-state index is -1.20. The lowest BCUT2D eigenvalue weighted by atomic mass is 10.1. The molecule has 1 aliphatic heterocycles. The van der Waals surface area contributed by atoms with E-state index in [-0.39, 0.29) is 22.2 Å². The molecule has 1 amide bonds. The Kier molecular flexibility index (Phi) is 6.95. The second kappa shape index (κ2) is 9.65. The van der Waals surface area contributed by atoms with Gasteiger partial charge in [0.05, 0.1) is 34.7 Å². The summed E-state index contributed by atoms with van der Waals surface area (Å²) in [5.41, 5.74) is 1.59. The summed E-state index contributed by atoms with van der Waals surface area (Å²) in [4.78, 5) is 36.1. The van der Waals surface area contributed by atoms with Crippen molar-refractivity contribution >= 4 is 46.9 Å². The molecular weight excluding hydrogens is 436 g/mol. The topological polar surface area (TPSA) is 106 Å². The number of nitrogens with zero attached hydrogens (tertiary/aromatic N) is 2. The summed E-state index contributed by atoms with van der Waals surface area (Å²) < 4.78 is 10.6. The summed E-state index contributed by atoms with van der Waals surface area (Å²) in [5, 5.41) is 14.7. The van der Waals surface area contributed by atoms with Gasteiger partial charge in [0.15, 0.2) is 11.5 Å². The van der Waals surface area contributed by atoms with E-state index in [1.807, 2.05) is 6.92 Å². The van der Waals surface area contributed by atoms with Crippen molar-refractivity contribution in [1.82, 2.24) is 0 Å². The van der Waals surface area contributed by atoms with E-state index in [0.717, 1.165) is 5.01 Å². The van der Waals surface area contributed by atoms with E-state index in [4.69, 9.17) is 21.1 Å². The summed E-state index contributed by atoms with van der Waals surface area (Å²) in [6.07, 6.45) is 2.60. The Bertz CT molecular complexity index is 1160. The highest BCUT2D eigenvalue weighted by molar-refractivity contribution is 6.34.